The lowest BCUT2D eigenvalue weighted by Crippen LogP contribution is -2.38. The van der Waals surface area contributed by atoms with Gasteiger partial charge in [-0.25, -0.2) is 9.97 Å². The molecule has 42 heavy (non-hydrogen) atoms. The van der Waals surface area contributed by atoms with Gasteiger partial charge in [0.05, 0.1) is 30.0 Å². The topological polar surface area (TPSA) is 131 Å². The Bertz CT molecular complexity index is 1540. The Hall–Kier alpha value is -4.45. The molecule has 1 aliphatic rings. The van der Waals surface area contributed by atoms with Crippen LogP contribution in [0, 0.1) is 0 Å². The summed E-state index contributed by atoms with van der Waals surface area (Å²) in [6.45, 7) is 5.02. The number of hydrogen-bond donors (Lipinski definition) is 3. The number of halogens is 1. The van der Waals surface area contributed by atoms with E-state index in [0.717, 1.165) is 39.3 Å². The van der Waals surface area contributed by atoms with E-state index >= 15 is 0 Å². The molecule has 3 heterocycles. The third kappa shape index (κ3) is 8.29. The third-order valence-corrected chi connectivity index (χ3v) is 6.78. The summed E-state index contributed by atoms with van der Waals surface area (Å²) in [7, 11) is 0. The van der Waals surface area contributed by atoms with Gasteiger partial charge < -0.3 is 29.8 Å². The van der Waals surface area contributed by atoms with Crippen LogP contribution in [0.3, 0.4) is 0 Å². The molecule has 1 aliphatic heterocycles. The summed E-state index contributed by atoms with van der Waals surface area (Å²) in [5.74, 6) is 0.995. The molecule has 0 atom stereocenters. The molecular weight excluding hydrogens is 560 g/mol. The molecule has 1 fully saturated rings. The lowest BCUT2D eigenvalue weighted by atomic mass is 10.2. The van der Waals surface area contributed by atoms with Gasteiger partial charge in [-0.3, -0.25) is 14.5 Å². The van der Waals surface area contributed by atoms with Crippen molar-refractivity contribution in [3.8, 4) is 5.75 Å². The molecule has 0 saturated carbocycles. The first kappa shape index (κ1) is 29.1. The zero-order chi connectivity index (χ0) is 29.1. The maximum Gasteiger partial charge on any atom is 0.248 e. The molecule has 4 aromatic rings. The molecule has 218 valence electrons. The van der Waals surface area contributed by atoms with Crippen molar-refractivity contribution in [2.45, 2.75) is 13.0 Å². The van der Waals surface area contributed by atoms with Gasteiger partial charge in [0.15, 0.2) is 0 Å². The van der Waals surface area contributed by atoms with Crippen LogP contribution in [0.1, 0.15) is 12.2 Å². The Morgan fingerprint density at radius 2 is 1.86 bits per heavy atom. The van der Waals surface area contributed by atoms with Crippen LogP contribution in [0.2, 0.25) is 5.02 Å². The van der Waals surface area contributed by atoms with E-state index < -0.39 is 5.91 Å². The Morgan fingerprint density at radius 1 is 1.02 bits per heavy atom. The Kier molecular flexibility index (Phi) is 9.99. The standard InChI is InChI=1S/C30H31ClN6O5/c31-25-18-22(5-7-27(25)42-19-23-3-1-14-41-23)36-30-24-17-21(4-6-26(24)33-20-34-30)35-29(39)9-8-28(38)32-10-2-11-37-12-15-40-16-13-37/h1,3-9,14,17-18,20H,2,10-13,15-16,19H2,(H,32,38)(H,35,39)(H,33,34,36). The van der Waals surface area contributed by atoms with E-state index in [0.29, 0.717) is 51.2 Å². The minimum absolute atomic E-state index is 0.264. The second-order valence-electron chi connectivity index (χ2n) is 9.51. The molecule has 11 nitrogen and oxygen atoms in total. The van der Waals surface area contributed by atoms with Crippen molar-refractivity contribution in [2.75, 3.05) is 50.0 Å². The number of rotatable bonds is 12. The molecule has 5 rings (SSSR count). The molecule has 0 spiro atoms. The van der Waals surface area contributed by atoms with Gasteiger partial charge in [0.2, 0.25) is 11.8 Å². The quantitative estimate of drug-likeness (QED) is 0.161. The number of carbonyl (C=O) groups is 2. The molecule has 3 N–H and O–H groups in total. The maximum absolute atomic E-state index is 12.5. The van der Waals surface area contributed by atoms with E-state index in [1.165, 1.54) is 18.5 Å². The molecule has 0 radical (unpaired) electrons. The summed E-state index contributed by atoms with van der Waals surface area (Å²) in [4.78, 5) is 35.6. The number of anilines is 3. The average Bonchev–Trinajstić information content (AvgIpc) is 3.53. The number of fused-ring (bicyclic) bond motifs is 1. The van der Waals surface area contributed by atoms with Gasteiger partial charge in [-0.15, -0.1) is 0 Å². The highest BCUT2D eigenvalue weighted by atomic mass is 35.5. The van der Waals surface area contributed by atoms with Gasteiger partial charge in [-0.1, -0.05) is 11.6 Å². The second-order valence-corrected chi connectivity index (χ2v) is 9.92. The lowest BCUT2D eigenvalue weighted by molar-refractivity contribution is -0.117. The maximum atomic E-state index is 12.5. The lowest BCUT2D eigenvalue weighted by Gasteiger charge is -2.26. The number of benzene rings is 2. The summed E-state index contributed by atoms with van der Waals surface area (Å²) in [5, 5.41) is 9.95. The number of nitrogens with zero attached hydrogens (tertiary/aromatic N) is 3. The fraction of sp³-hybridized carbons (Fsp3) is 0.267. The van der Waals surface area contributed by atoms with Crippen LogP contribution >= 0.6 is 11.6 Å². The molecule has 0 unspecified atom stereocenters. The van der Waals surface area contributed by atoms with Crippen molar-refractivity contribution in [3.05, 3.63) is 84.1 Å². The number of nitrogens with one attached hydrogen (secondary N) is 3. The Morgan fingerprint density at radius 3 is 2.67 bits per heavy atom. The fourth-order valence-electron chi connectivity index (χ4n) is 4.34. The molecule has 2 aromatic carbocycles. The third-order valence-electron chi connectivity index (χ3n) is 6.49. The molecule has 2 aromatic heterocycles. The largest absolute Gasteiger partial charge is 0.484 e. The van der Waals surface area contributed by atoms with Crippen LogP contribution in [-0.2, 0) is 20.9 Å². The predicted molar refractivity (Wildman–Crippen MR) is 160 cm³/mol. The fourth-order valence-corrected chi connectivity index (χ4v) is 4.58. The van der Waals surface area contributed by atoms with Crippen LogP contribution < -0.4 is 20.7 Å². The van der Waals surface area contributed by atoms with Crippen LogP contribution in [0.5, 0.6) is 5.75 Å². The highest BCUT2D eigenvalue weighted by Gasteiger charge is 2.11. The molecule has 0 aliphatic carbocycles. The van der Waals surface area contributed by atoms with Gasteiger partial charge >= 0.3 is 0 Å². The normalized spacial score (nSPS) is 13.7. The van der Waals surface area contributed by atoms with Gasteiger partial charge in [0, 0.05) is 48.5 Å². The van der Waals surface area contributed by atoms with Crippen molar-refractivity contribution in [2.24, 2.45) is 0 Å². The minimum Gasteiger partial charge on any atom is -0.484 e. The molecule has 0 bridgehead atoms. The number of aromatic nitrogens is 2. The summed E-state index contributed by atoms with van der Waals surface area (Å²) >= 11 is 6.44. The van der Waals surface area contributed by atoms with Crippen molar-refractivity contribution in [1.82, 2.24) is 20.2 Å². The van der Waals surface area contributed by atoms with E-state index in [-0.39, 0.29) is 12.5 Å². The van der Waals surface area contributed by atoms with Gasteiger partial charge in [-0.05, 0) is 61.5 Å². The minimum atomic E-state index is -0.430. The van der Waals surface area contributed by atoms with Crippen LogP contribution in [0.4, 0.5) is 17.2 Å². The zero-order valence-corrected chi connectivity index (χ0v) is 23.6. The van der Waals surface area contributed by atoms with Crippen LogP contribution in [0.15, 0.2) is 77.7 Å². The first-order valence-corrected chi connectivity index (χ1v) is 13.9. The first-order chi connectivity index (χ1) is 20.5. The van der Waals surface area contributed by atoms with Crippen LogP contribution in [0.25, 0.3) is 10.9 Å². The van der Waals surface area contributed by atoms with E-state index in [9.17, 15) is 9.59 Å². The SMILES string of the molecule is O=C(C=CC(=O)Nc1ccc2ncnc(Nc3ccc(OCc4ccco4)c(Cl)c3)c2c1)NCCCN1CCOCC1. The van der Waals surface area contributed by atoms with Gasteiger partial charge in [0.1, 0.15) is 30.3 Å². The highest BCUT2D eigenvalue weighted by molar-refractivity contribution is 6.32. The van der Waals surface area contributed by atoms with Gasteiger partial charge in [-0.2, -0.15) is 0 Å². The number of morpholine rings is 1. The molecule has 1 saturated heterocycles. The van der Waals surface area contributed by atoms with Crippen molar-refractivity contribution in [1.29, 1.82) is 0 Å². The summed E-state index contributed by atoms with van der Waals surface area (Å²) in [5.41, 5.74) is 1.90. The van der Waals surface area contributed by atoms with E-state index in [2.05, 4.69) is 30.8 Å². The number of furan rings is 1. The smallest absolute Gasteiger partial charge is 0.248 e. The number of amides is 2. The van der Waals surface area contributed by atoms with E-state index in [1.807, 2.05) is 12.1 Å². The Balaban J connectivity index is 1.15. The van der Waals surface area contributed by atoms with Gasteiger partial charge in [0.25, 0.3) is 0 Å². The van der Waals surface area contributed by atoms with Crippen molar-refractivity contribution in [3.63, 3.8) is 0 Å². The number of ether oxygens (including phenoxy) is 2. The van der Waals surface area contributed by atoms with E-state index in [4.69, 9.17) is 25.5 Å². The molecule has 2 amide bonds. The average molecular weight is 591 g/mol. The van der Waals surface area contributed by atoms with Crippen LogP contribution in [-0.4, -0.2) is 66.1 Å². The summed E-state index contributed by atoms with van der Waals surface area (Å²) in [6.07, 6.45) is 6.31. The van der Waals surface area contributed by atoms with Crippen molar-refractivity contribution >= 4 is 51.5 Å². The second kappa shape index (κ2) is 14.4. The first-order valence-electron chi connectivity index (χ1n) is 13.6. The van der Waals surface area contributed by atoms with Crippen molar-refractivity contribution < 1.29 is 23.5 Å². The molecule has 12 heteroatoms. The number of carbonyl (C=O) groups excluding carboxylic acids is 2. The monoisotopic (exact) mass is 590 g/mol. The number of hydrogen-bond acceptors (Lipinski definition) is 9. The predicted octanol–water partition coefficient (Wildman–Crippen LogP) is 4.53. The zero-order valence-electron chi connectivity index (χ0n) is 22.8. The highest BCUT2D eigenvalue weighted by Crippen LogP contribution is 2.31. The summed E-state index contributed by atoms with van der Waals surface area (Å²) < 4.78 is 16.4. The molecular formula is C30H31ClN6O5. The Labute approximate surface area is 247 Å². The van der Waals surface area contributed by atoms with E-state index in [1.54, 1.807) is 42.7 Å². The summed E-state index contributed by atoms with van der Waals surface area (Å²) in [6, 6.07) is 14.2.